The first-order valence-electron chi connectivity index (χ1n) is 14.3. The van der Waals surface area contributed by atoms with Crippen molar-refractivity contribution in [1.29, 1.82) is 0 Å². The maximum atomic E-state index is 14.4. The van der Waals surface area contributed by atoms with Crippen LogP contribution in [-0.4, -0.2) is 40.7 Å². The minimum absolute atomic E-state index is 0.130. The van der Waals surface area contributed by atoms with Crippen molar-refractivity contribution in [2.75, 3.05) is 12.0 Å². The quantitative estimate of drug-likeness (QED) is 0.286. The van der Waals surface area contributed by atoms with Crippen LogP contribution in [0, 0.1) is 34.9 Å². The van der Waals surface area contributed by atoms with E-state index in [1.165, 1.54) is 41.5 Å². The fraction of sp³-hybridized carbons (Fsp3) is 0.333. The summed E-state index contributed by atoms with van der Waals surface area (Å²) >= 11 is 7.52. The molecule has 226 valence electrons. The lowest BCUT2D eigenvalue weighted by Crippen LogP contribution is -2.48. The molecule has 2 aliphatic carbocycles. The number of methoxy groups -OCH3 is 1. The third-order valence-electron chi connectivity index (χ3n) is 9.96. The van der Waals surface area contributed by atoms with Gasteiger partial charge in [-0.2, -0.15) is 0 Å². The maximum absolute atomic E-state index is 14.4. The van der Waals surface area contributed by atoms with Gasteiger partial charge in [-0.3, -0.25) is 24.1 Å². The largest absolute Gasteiger partial charge is 0.504 e. The van der Waals surface area contributed by atoms with E-state index in [-0.39, 0.29) is 47.0 Å². The molecule has 8 nitrogen and oxygen atoms in total. The Labute approximate surface area is 261 Å². The van der Waals surface area contributed by atoms with Crippen molar-refractivity contribution in [3.05, 3.63) is 86.8 Å². The van der Waals surface area contributed by atoms with Crippen LogP contribution in [0.25, 0.3) is 0 Å². The molecule has 2 aromatic carbocycles. The number of phenols is 1. The van der Waals surface area contributed by atoms with Crippen LogP contribution in [0.15, 0.2) is 65.6 Å². The van der Waals surface area contributed by atoms with Gasteiger partial charge in [-0.15, -0.1) is 11.3 Å². The number of fused-ring (bicyclic) bond motifs is 4. The minimum atomic E-state index is -1.31. The van der Waals surface area contributed by atoms with E-state index in [9.17, 15) is 28.7 Å². The number of anilines is 1. The zero-order chi connectivity index (χ0) is 31.1. The first-order chi connectivity index (χ1) is 21.1. The molecule has 0 radical (unpaired) electrons. The van der Waals surface area contributed by atoms with Crippen molar-refractivity contribution in [2.45, 2.75) is 32.2 Å². The van der Waals surface area contributed by atoms with E-state index in [0.717, 1.165) is 21.4 Å². The molecular weight excluding hydrogens is 607 g/mol. The average molecular weight is 635 g/mol. The zero-order valence-electron chi connectivity index (χ0n) is 23.8. The Morgan fingerprint density at radius 3 is 2.55 bits per heavy atom. The fourth-order valence-corrected chi connectivity index (χ4v) is 8.80. The molecule has 2 saturated heterocycles. The molecule has 0 spiro atoms. The Hall–Kier alpha value is -4.02. The van der Waals surface area contributed by atoms with E-state index < -0.39 is 52.6 Å². The topological polar surface area (TPSA) is 104 Å². The summed E-state index contributed by atoms with van der Waals surface area (Å²) in [5, 5.41) is 12.4. The number of aromatic hydroxyl groups is 1. The third-order valence-corrected chi connectivity index (χ3v) is 11.1. The molecule has 3 aromatic rings. The number of hydrogen-bond acceptors (Lipinski definition) is 7. The number of imide groups is 2. The molecule has 11 heteroatoms. The highest BCUT2D eigenvalue weighted by Crippen LogP contribution is 2.64. The number of carbonyl (C=O) groups is 4. The molecule has 6 unspecified atom stereocenters. The lowest BCUT2D eigenvalue weighted by Gasteiger charge is -2.49. The minimum Gasteiger partial charge on any atom is -0.504 e. The highest BCUT2D eigenvalue weighted by Gasteiger charge is 2.67. The Bertz CT molecular complexity index is 1780. The molecule has 44 heavy (non-hydrogen) atoms. The second-order valence-electron chi connectivity index (χ2n) is 12.0. The lowest BCUT2D eigenvalue weighted by atomic mass is 9.51. The van der Waals surface area contributed by atoms with E-state index in [4.69, 9.17) is 16.3 Å². The van der Waals surface area contributed by atoms with Crippen molar-refractivity contribution >= 4 is 52.3 Å². The molecular formula is C33H28ClFN2O6S. The van der Waals surface area contributed by atoms with Gasteiger partial charge in [0.15, 0.2) is 11.5 Å². The van der Waals surface area contributed by atoms with Crippen molar-refractivity contribution < 1.29 is 33.4 Å². The third kappa shape index (κ3) is 4.00. The summed E-state index contributed by atoms with van der Waals surface area (Å²) in [7, 11) is 1.43. The number of allylic oxidation sites excluding steroid dienone is 2. The predicted octanol–water partition coefficient (Wildman–Crippen LogP) is 5.69. The number of carbonyl (C=O) groups excluding carboxylic acids is 4. The van der Waals surface area contributed by atoms with Crippen LogP contribution in [0.1, 0.15) is 36.1 Å². The molecule has 4 amide bonds. The molecule has 0 bridgehead atoms. The number of hydrogen-bond donors (Lipinski definition) is 1. The van der Waals surface area contributed by atoms with E-state index in [1.807, 2.05) is 23.6 Å². The van der Waals surface area contributed by atoms with Crippen LogP contribution in [-0.2, 0) is 25.7 Å². The van der Waals surface area contributed by atoms with Crippen LogP contribution >= 0.6 is 22.9 Å². The van der Waals surface area contributed by atoms with Gasteiger partial charge in [-0.05, 0) is 73.0 Å². The molecule has 4 aliphatic rings. The zero-order valence-corrected chi connectivity index (χ0v) is 25.4. The number of halogens is 2. The van der Waals surface area contributed by atoms with E-state index in [0.29, 0.717) is 12.0 Å². The van der Waals surface area contributed by atoms with Crippen LogP contribution in [0.2, 0.25) is 5.02 Å². The number of thiophene rings is 1. The highest BCUT2D eigenvalue weighted by molar-refractivity contribution is 7.09. The second kappa shape index (κ2) is 10.3. The van der Waals surface area contributed by atoms with Crippen molar-refractivity contribution in [1.82, 2.24) is 4.90 Å². The molecule has 6 atom stereocenters. The molecule has 1 aromatic heterocycles. The van der Waals surface area contributed by atoms with Gasteiger partial charge in [0, 0.05) is 10.8 Å². The first-order valence-corrected chi connectivity index (χ1v) is 15.6. The highest BCUT2D eigenvalue weighted by atomic mass is 35.5. The standard InChI is InChI=1S/C33H28ClFN2O6S/c1-33-22(30(40)37(32(33)42)17-6-9-24(35)23(34)13-17)14-21-19(28(33)16-5-10-26(43-2)25(38)12-16)7-8-20-27(21)31(41)36(29(20)39)15-18-4-3-11-44-18/h3-7,9-13,20-22,27-28,38H,8,14-15H2,1-2H3. The molecule has 7 rings (SSSR count). The summed E-state index contributed by atoms with van der Waals surface area (Å²) in [5.74, 6) is -5.31. The fourth-order valence-electron chi connectivity index (χ4n) is 7.93. The Kier molecular flexibility index (Phi) is 6.71. The first kappa shape index (κ1) is 28.7. The van der Waals surface area contributed by atoms with Gasteiger partial charge in [0.2, 0.25) is 23.6 Å². The normalized spacial score (nSPS) is 29.5. The Morgan fingerprint density at radius 2 is 1.86 bits per heavy atom. The number of nitrogens with zero attached hydrogens (tertiary/aromatic N) is 2. The van der Waals surface area contributed by atoms with Crippen LogP contribution in [0.4, 0.5) is 10.1 Å². The molecule has 3 fully saturated rings. The molecule has 3 heterocycles. The monoisotopic (exact) mass is 634 g/mol. The van der Waals surface area contributed by atoms with Gasteiger partial charge in [0.1, 0.15) is 5.82 Å². The van der Waals surface area contributed by atoms with Crippen molar-refractivity contribution in [3.8, 4) is 11.5 Å². The van der Waals surface area contributed by atoms with Crippen LogP contribution in [0.3, 0.4) is 0 Å². The Morgan fingerprint density at radius 1 is 1.07 bits per heavy atom. The van der Waals surface area contributed by atoms with Gasteiger partial charge < -0.3 is 9.84 Å². The summed E-state index contributed by atoms with van der Waals surface area (Å²) < 4.78 is 19.3. The number of ether oxygens (including phenoxy) is 1. The van der Waals surface area contributed by atoms with Crippen LogP contribution < -0.4 is 9.64 Å². The number of benzene rings is 2. The summed E-state index contributed by atoms with van der Waals surface area (Å²) in [6.07, 6.45) is 2.46. The maximum Gasteiger partial charge on any atom is 0.241 e. The number of rotatable bonds is 5. The van der Waals surface area contributed by atoms with Gasteiger partial charge in [-0.1, -0.05) is 35.4 Å². The Balaban J connectivity index is 1.35. The van der Waals surface area contributed by atoms with Crippen molar-refractivity contribution in [3.63, 3.8) is 0 Å². The van der Waals surface area contributed by atoms with Gasteiger partial charge >= 0.3 is 0 Å². The van der Waals surface area contributed by atoms with Gasteiger partial charge in [0.05, 0.1) is 47.5 Å². The van der Waals surface area contributed by atoms with Gasteiger partial charge in [0.25, 0.3) is 0 Å². The van der Waals surface area contributed by atoms with Gasteiger partial charge in [-0.25, -0.2) is 9.29 Å². The predicted molar refractivity (Wildman–Crippen MR) is 161 cm³/mol. The smallest absolute Gasteiger partial charge is 0.241 e. The summed E-state index contributed by atoms with van der Waals surface area (Å²) in [4.78, 5) is 59.5. The number of amides is 4. The van der Waals surface area contributed by atoms with E-state index in [2.05, 4.69) is 0 Å². The molecule has 1 saturated carbocycles. The summed E-state index contributed by atoms with van der Waals surface area (Å²) in [5.41, 5.74) is 0.227. The SMILES string of the molecule is COc1ccc(C2C3=CCC4C(=O)N(Cc5cccs5)C(=O)C4C3CC3C(=O)N(c4ccc(F)c(Cl)c4)C(=O)C32C)cc1O. The summed E-state index contributed by atoms with van der Waals surface area (Å²) in [6.45, 7) is 1.93. The number of phenolic OH excluding ortho intramolecular Hbond substituents is 1. The second-order valence-corrected chi connectivity index (χ2v) is 13.5. The van der Waals surface area contributed by atoms with Crippen LogP contribution in [0.5, 0.6) is 11.5 Å². The number of likely N-dealkylation sites (tertiary alicyclic amines) is 1. The molecule has 2 aliphatic heterocycles. The lowest BCUT2D eigenvalue weighted by molar-refractivity contribution is -0.141. The summed E-state index contributed by atoms with van der Waals surface area (Å²) in [6, 6.07) is 12.3. The van der Waals surface area contributed by atoms with E-state index in [1.54, 1.807) is 19.1 Å². The van der Waals surface area contributed by atoms with Crippen molar-refractivity contribution in [2.24, 2.45) is 29.1 Å². The average Bonchev–Trinajstić information content (AvgIpc) is 3.66. The molecule has 1 N–H and O–H groups in total. The van der Waals surface area contributed by atoms with E-state index >= 15 is 0 Å².